The highest BCUT2D eigenvalue weighted by molar-refractivity contribution is 7.22. The first-order valence-electron chi connectivity index (χ1n) is 11.2. The Kier molecular flexibility index (Phi) is 6.20. The number of rotatable bonds is 5. The standard InChI is InChI=1S/C25H24N4O4S/c1-29-19-11-16(4-5-20(19)33-25(29)31)23-12-17-9-15(3-6-22(17)34-23)10-18(13-26)28-24(30)21-14-27-7-2-8-32-21/h3-6,9,11-12,18,21,27H,2,7-8,10,14H2,1H3,(H,28,30). The van der Waals surface area contributed by atoms with Gasteiger partial charge in [-0.3, -0.25) is 9.36 Å². The van der Waals surface area contributed by atoms with E-state index in [1.807, 2.05) is 30.3 Å². The molecule has 4 aromatic rings. The zero-order chi connectivity index (χ0) is 23.7. The number of hydrogen-bond donors (Lipinski definition) is 2. The van der Waals surface area contributed by atoms with E-state index in [2.05, 4.69) is 28.8 Å². The molecule has 0 aliphatic carbocycles. The second-order valence-electron chi connectivity index (χ2n) is 8.40. The Balaban J connectivity index is 1.34. The average molecular weight is 477 g/mol. The molecule has 2 atom stereocenters. The molecule has 0 spiro atoms. The fourth-order valence-electron chi connectivity index (χ4n) is 4.15. The first-order chi connectivity index (χ1) is 16.5. The van der Waals surface area contributed by atoms with Crippen LogP contribution in [0.15, 0.2) is 51.7 Å². The minimum atomic E-state index is -0.639. The van der Waals surface area contributed by atoms with Gasteiger partial charge in [0.1, 0.15) is 12.1 Å². The number of fused-ring (bicyclic) bond motifs is 2. The Labute approximate surface area is 199 Å². The minimum Gasteiger partial charge on any atom is -0.408 e. The van der Waals surface area contributed by atoms with Crippen LogP contribution < -0.4 is 16.4 Å². The molecule has 1 saturated heterocycles. The lowest BCUT2D eigenvalue weighted by Crippen LogP contribution is -2.46. The molecule has 3 heterocycles. The lowest BCUT2D eigenvalue weighted by Gasteiger charge is -2.18. The number of carbonyl (C=O) groups excluding carboxylic acids is 1. The summed E-state index contributed by atoms with van der Waals surface area (Å²) in [5, 5.41) is 16.7. The van der Waals surface area contributed by atoms with Crippen LogP contribution in [-0.4, -0.2) is 42.3 Å². The summed E-state index contributed by atoms with van der Waals surface area (Å²) in [6.07, 6.45) is 0.696. The molecule has 2 aromatic carbocycles. The number of carbonyl (C=O) groups is 1. The van der Waals surface area contributed by atoms with Gasteiger partial charge >= 0.3 is 5.76 Å². The summed E-state index contributed by atoms with van der Waals surface area (Å²) in [5.74, 6) is -0.641. The van der Waals surface area contributed by atoms with Crippen LogP contribution >= 0.6 is 11.3 Å². The van der Waals surface area contributed by atoms with Crippen molar-refractivity contribution in [2.45, 2.75) is 25.0 Å². The Bertz CT molecular complexity index is 1450. The molecule has 5 rings (SSSR count). The maximum absolute atomic E-state index is 12.5. The van der Waals surface area contributed by atoms with Gasteiger partial charge in [-0.15, -0.1) is 11.3 Å². The van der Waals surface area contributed by atoms with E-state index in [0.29, 0.717) is 25.2 Å². The minimum absolute atomic E-state index is 0.260. The van der Waals surface area contributed by atoms with Gasteiger partial charge in [0.25, 0.3) is 5.91 Å². The Morgan fingerprint density at radius 2 is 2.21 bits per heavy atom. The summed E-state index contributed by atoms with van der Waals surface area (Å²) in [4.78, 5) is 25.4. The van der Waals surface area contributed by atoms with E-state index in [0.717, 1.165) is 44.6 Å². The van der Waals surface area contributed by atoms with Gasteiger partial charge in [0.05, 0.1) is 11.6 Å². The number of hydrogen-bond acceptors (Lipinski definition) is 7. The monoisotopic (exact) mass is 476 g/mol. The van der Waals surface area contributed by atoms with Crippen molar-refractivity contribution in [1.82, 2.24) is 15.2 Å². The van der Waals surface area contributed by atoms with Crippen LogP contribution in [0.3, 0.4) is 0 Å². The molecule has 34 heavy (non-hydrogen) atoms. The summed E-state index contributed by atoms with van der Waals surface area (Å²) in [7, 11) is 1.69. The fourth-order valence-corrected chi connectivity index (χ4v) is 5.19. The number of ether oxygens (including phenoxy) is 1. The van der Waals surface area contributed by atoms with E-state index >= 15 is 0 Å². The third kappa shape index (κ3) is 4.48. The Morgan fingerprint density at radius 3 is 3.06 bits per heavy atom. The topological polar surface area (TPSA) is 109 Å². The van der Waals surface area contributed by atoms with Crippen molar-refractivity contribution in [1.29, 1.82) is 5.26 Å². The second kappa shape index (κ2) is 9.43. The molecule has 2 unspecified atom stereocenters. The van der Waals surface area contributed by atoms with Crippen LogP contribution in [-0.2, 0) is 23.0 Å². The van der Waals surface area contributed by atoms with Crippen LogP contribution in [0.25, 0.3) is 31.6 Å². The highest BCUT2D eigenvalue weighted by atomic mass is 32.1. The number of nitrogens with zero attached hydrogens (tertiary/aromatic N) is 2. The number of nitriles is 1. The van der Waals surface area contributed by atoms with Gasteiger partial charge in [-0.25, -0.2) is 4.79 Å². The van der Waals surface area contributed by atoms with Crippen molar-refractivity contribution in [3.05, 3.63) is 58.6 Å². The van der Waals surface area contributed by atoms with E-state index in [1.165, 1.54) is 4.57 Å². The van der Waals surface area contributed by atoms with E-state index < -0.39 is 12.1 Å². The Hall–Kier alpha value is -3.45. The summed E-state index contributed by atoms with van der Waals surface area (Å²) < 4.78 is 13.4. The van der Waals surface area contributed by atoms with E-state index in [9.17, 15) is 14.9 Å². The van der Waals surface area contributed by atoms with Gasteiger partial charge < -0.3 is 19.8 Å². The third-order valence-electron chi connectivity index (χ3n) is 6.01. The van der Waals surface area contributed by atoms with Crippen LogP contribution in [0.5, 0.6) is 0 Å². The van der Waals surface area contributed by atoms with Crippen molar-refractivity contribution in [2.24, 2.45) is 7.05 Å². The molecule has 8 nitrogen and oxygen atoms in total. The molecular weight excluding hydrogens is 452 g/mol. The van der Waals surface area contributed by atoms with Gasteiger partial charge in [-0.05, 0) is 59.8 Å². The maximum Gasteiger partial charge on any atom is 0.419 e. The van der Waals surface area contributed by atoms with Crippen LogP contribution in [0.1, 0.15) is 12.0 Å². The van der Waals surface area contributed by atoms with E-state index in [4.69, 9.17) is 9.15 Å². The molecule has 1 aliphatic rings. The van der Waals surface area contributed by atoms with Gasteiger partial charge in [0.15, 0.2) is 5.58 Å². The molecule has 0 saturated carbocycles. The molecule has 0 radical (unpaired) electrons. The normalized spacial score (nSPS) is 17.4. The SMILES string of the molecule is Cn1c(=O)oc2ccc(-c3cc4cc(CC(C#N)NC(=O)C5CNCCCO5)ccc4s3)cc21. The summed E-state index contributed by atoms with van der Waals surface area (Å²) in [6, 6.07) is 15.5. The molecule has 174 valence electrons. The predicted molar refractivity (Wildman–Crippen MR) is 131 cm³/mol. The van der Waals surface area contributed by atoms with Crippen molar-refractivity contribution in [3.8, 4) is 16.5 Å². The molecule has 1 aliphatic heterocycles. The highest BCUT2D eigenvalue weighted by Crippen LogP contribution is 2.35. The Morgan fingerprint density at radius 1 is 1.32 bits per heavy atom. The number of aryl methyl sites for hydroxylation is 1. The molecule has 1 fully saturated rings. The van der Waals surface area contributed by atoms with Crippen LogP contribution in [0.2, 0.25) is 0 Å². The molecule has 1 amide bonds. The highest BCUT2D eigenvalue weighted by Gasteiger charge is 2.23. The zero-order valence-corrected chi connectivity index (χ0v) is 19.5. The molecular formula is C25H24N4O4S. The summed E-state index contributed by atoms with van der Waals surface area (Å²) in [6.45, 7) is 1.80. The largest absolute Gasteiger partial charge is 0.419 e. The summed E-state index contributed by atoms with van der Waals surface area (Å²) >= 11 is 1.66. The molecule has 2 N–H and O–H groups in total. The smallest absolute Gasteiger partial charge is 0.408 e. The predicted octanol–water partition coefficient (Wildman–Crippen LogP) is 2.94. The number of aromatic nitrogens is 1. The van der Waals surface area contributed by atoms with Gasteiger partial charge in [0.2, 0.25) is 0 Å². The molecule has 9 heteroatoms. The maximum atomic E-state index is 12.5. The summed E-state index contributed by atoms with van der Waals surface area (Å²) in [5.41, 5.74) is 3.29. The van der Waals surface area contributed by atoms with Gasteiger partial charge in [-0.1, -0.05) is 12.1 Å². The lowest BCUT2D eigenvalue weighted by atomic mass is 10.0. The van der Waals surface area contributed by atoms with Gasteiger partial charge in [-0.2, -0.15) is 5.26 Å². The van der Waals surface area contributed by atoms with E-state index in [-0.39, 0.29) is 11.7 Å². The number of benzene rings is 2. The van der Waals surface area contributed by atoms with Crippen molar-refractivity contribution in [2.75, 3.05) is 19.7 Å². The number of thiophene rings is 1. The van der Waals surface area contributed by atoms with E-state index in [1.54, 1.807) is 18.4 Å². The first-order valence-corrected chi connectivity index (χ1v) is 12.0. The fraction of sp³-hybridized carbons (Fsp3) is 0.320. The van der Waals surface area contributed by atoms with Crippen molar-refractivity contribution < 1.29 is 13.9 Å². The molecule has 2 aromatic heterocycles. The van der Waals surface area contributed by atoms with Crippen molar-refractivity contribution >= 4 is 38.4 Å². The van der Waals surface area contributed by atoms with Crippen LogP contribution in [0, 0.1) is 11.3 Å². The third-order valence-corrected chi connectivity index (χ3v) is 7.17. The average Bonchev–Trinajstić information content (AvgIpc) is 3.24. The number of amides is 1. The zero-order valence-electron chi connectivity index (χ0n) is 18.7. The van der Waals surface area contributed by atoms with Crippen molar-refractivity contribution in [3.63, 3.8) is 0 Å². The lowest BCUT2D eigenvalue weighted by molar-refractivity contribution is -0.132. The van der Waals surface area contributed by atoms with Gasteiger partial charge in [0, 0.05) is 36.2 Å². The number of oxazole rings is 1. The first kappa shape index (κ1) is 22.3. The second-order valence-corrected chi connectivity index (χ2v) is 9.49. The number of nitrogens with one attached hydrogen (secondary N) is 2. The molecule has 0 bridgehead atoms. The van der Waals surface area contributed by atoms with Crippen LogP contribution in [0.4, 0.5) is 0 Å². The quantitative estimate of drug-likeness (QED) is 0.458.